The Balaban J connectivity index is 0.864. The van der Waals surface area contributed by atoms with Gasteiger partial charge in [-0.25, -0.2) is 9.98 Å². The van der Waals surface area contributed by atoms with Gasteiger partial charge in [-0.05, 0) is 117 Å². The van der Waals surface area contributed by atoms with Crippen molar-refractivity contribution in [2.24, 2.45) is 4.99 Å². The highest BCUT2D eigenvalue weighted by molar-refractivity contribution is 6.11. The highest BCUT2D eigenvalue weighted by Gasteiger charge is 2.33. The number of nitrogens with two attached hydrogens (primary N) is 2. The van der Waals surface area contributed by atoms with Crippen molar-refractivity contribution in [1.29, 1.82) is 0 Å². The SMILES string of the molecule is CNc1cc2c(cc1C)N=C1C=C(C)C(NCCCCCCCCNc3cc4c(cc3C)nc3cc(C)c(NC)cc3[n+]4-c3ccccc3N)=CC1N2c1ccccc1N. The summed E-state index contributed by atoms with van der Waals surface area (Å²) >= 11 is 0. The Morgan fingerprint density at radius 1 is 0.633 bits per heavy atom. The topological polar surface area (TPSA) is 133 Å². The second-order valence-corrected chi connectivity index (χ2v) is 16.3. The number of hydrogen-bond donors (Lipinski definition) is 6. The van der Waals surface area contributed by atoms with Crippen LogP contribution in [-0.4, -0.2) is 43.9 Å². The van der Waals surface area contributed by atoms with Gasteiger partial charge >= 0.3 is 0 Å². The summed E-state index contributed by atoms with van der Waals surface area (Å²) in [6.45, 7) is 10.4. The highest BCUT2D eigenvalue weighted by Crippen LogP contribution is 2.46. The van der Waals surface area contributed by atoms with Crippen LogP contribution >= 0.6 is 0 Å². The third-order valence-corrected chi connectivity index (χ3v) is 12.0. The van der Waals surface area contributed by atoms with E-state index in [0.29, 0.717) is 0 Å². The second kappa shape index (κ2) is 17.4. The first kappa shape index (κ1) is 40.2. The first-order chi connectivity index (χ1) is 29.1. The summed E-state index contributed by atoms with van der Waals surface area (Å²) in [5.41, 5.74) is 32.7. The molecule has 2 heterocycles. The lowest BCUT2D eigenvalue weighted by Crippen LogP contribution is -2.41. The Kier molecular flexibility index (Phi) is 11.6. The van der Waals surface area contributed by atoms with Crippen LogP contribution in [0.1, 0.15) is 62.1 Å². The lowest BCUT2D eigenvalue weighted by Gasteiger charge is -2.39. The first-order valence-corrected chi connectivity index (χ1v) is 21.4. The lowest BCUT2D eigenvalue weighted by molar-refractivity contribution is -0.537. The van der Waals surface area contributed by atoms with E-state index in [1.165, 1.54) is 36.8 Å². The van der Waals surface area contributed by atoms with Crippen molar-refractivity contribution in [3.05, 3.63) is 125 Å². The molecule has 308 valence electrons. The number of anilines is 7. The Labute approximate surface area is 354 Å². The number of hydrogen-bond acceptors (Lipinski definition) is 9. The van der Waals surface area contributed by atoms with Gasteiger partial charge in [0.2, 0.25) is 16.7 Å². The molecule has 2 aliphatic rings. The maximum Gasteiger partial charge on any atom is 0.239 e. The summed E-state index contributed by atoms with van der Waals surface area (Å²) in [7, 11) is 3.92. The minimum atomic E-state index is -0.0660. The number of nitrogens with zero attached hydrogens (tertiary/aromatic N) is 4. The molecular weight excluding hydrogens is 741 g/mol. The second-order valence-electron chi connectivity index (χ2n) is 16.3. The fraction of sp³-hybridized carbons (Fsp3) is 0.300. The number of aromatic nitrogens is 2. The van der Waals surface area contributed by atoms with E-state index in [2.05, 4.69) is 125 Å². The van der Waals surface area contributed by atoms with Crippen molar-refractivity contribution < 1.29 is 4.57 Å². The molecule has 1 aliphatic heterocycles. The Bertz CT molecular complexity index is 2680. The van der Waals surface area contributed by atoms with Crippen LogP contribution in [0.4, 0.5) is 45.5 Å². The van der Waals surface area contributed by atoms with Gasteiger partial charge in [-0.15, -0.1) is 4.57 Å². The average Bonchev–Trinajstić information content (AvgIpc) is 3.23. The number of unbranched alkanes of at least 4 members (excludes halogenated alkanes) is 5. The quantitative estimate of drug-likeness (QED) is 0.0262. The molecule has 0 bridgehead atoms. The van der Waals surface area contributed by atoms with Gasteiger partial charge in [0.05, 0.1) is 34.5 Å². The lowest BCUT2D eigenvalue weighted by atomic mass is 9.93. The predicted octanol–water partition coefficient (Wildman–Crippen LogP) is 10.3. The first-order valence-electron chi connectivity index (χ1n) is 21.4. The van der Waals surface area contributed by atoms with E-state index in [1.807, 2.05) is 44.4 Å². The largest absolute Gasteiger partial charge is 0.397 e. The van der Waals surface area contributed by atoms with Gasteiger partial charge in [0.1, 0.15) is 16.7 Å². The van der Waals surface area contributed by atoms with Gasteiger partial charge < -0.3 is 37.6 Å². The molecule has 1 unspecified atom stereocenters. The number of aryl methyl sites for hydroxylation is 3. The molecule has 10 heteroatoms. The number of aliphatic imine (C=N–C) groups is 1. The molecule has 1 aromatic heterocycles. The van der Waals surface area contributed by atoms with Crippen LogP contribution in [0.2, 0.25) is 0 Å². The van der Waals surface area contributed by atoms with E-state index in [1.54, 1.807) is 0 Å². The Morgan fingerprint density at radius 3 is 1.90 bits per heavy atom. The molecule has 0 saturated heterocycles. The van der Waals surface area contributed by atoms with E-state index < -0.39 is 0 Å². The van der Waals surface area contributed by atoms with Crippen molar-refractivity contribution in [2.45, 2.75) is 72.3 Å². The maximum absolute atomic E-state index is 6.60. The molecule has 0 fully saturated rings. The van der Waals surface area contributed by atoms with Crippen LogP contribution in [0.5, 0.6) is 0 Å². The predicted molar refractivity (Wildman–Crippen MR) is 255 cm³/mol. The van der Waals surface area contributed by atoms with Crippen molar-refractivity contribution in [1.82, 2.24) is 10.3 Å². The minimum absolute atomic E-state index is 0.0660. The van der Waals surface area contributed by atoms with Gasteiger partial charge in [-0.2, -0.15) is 0 Å². The molecule has 8 N–H and O–H groups in total. The monoisotopic (exact) mass is 799 g/mol. The molecule has 0 saturated carbocycles. The number of allylic oxidation sites excluding steroid dienone is 1. The van der Waals surface area contributed by atoms with Gasteiger partial charge in [0.15, 0.2) is 0 Å². The van der Waals surface area contributed by atoms with Crippen LogP contribution in [-0.2, 0) is 0 Å². The van der Waals surface area contributed by atoms with E-state index in [9.17, 15) is 0 Å². The summed E-state index contributed by atoms with van der Waals surface area (Å²) in [6.07, 6.45) is 11.6. The molecule has 10 nitrogen and oxygen atoms in total. The van der Waals surface area contributed by atoms with Gasteiger partial charge in [0.25, 0.3) is 0 Å². The van der Waals surface area contributed by atoms with Gasteiger partial charge in [0, 0.05) is 68.1 Å². The standard InChI is InChI=1S/C50H58N10/c1-31-23-41-47(27-37(31)53-5)59(45-19-13-11-17-35(45)51)49-29-39(33(3)25-43(49)57-41)55-21-15-9-7-8-10-16-22-56-40-30-50-44(26-34(40)4)58-42-24-32(2)38(54-6)28-48(42)60(50)46-20-14-12-18-36(46)52/h11-14,17-20,23-30,49,53,55H,7-10,15-16,21-22,51-52H2,1-6H3,(H,54,56)/p+1. The molecule has 6 aromatic rings. The van der Waals surface area contributed by atoms with Gasteiger partial charge in [-0.3, -0.25) is 0 Å². The third kappa shape index (κ3) is 7.94. The summed E-state index contributed by atoms with van der Waals surface area (Å²) < 4.78 is 2.26. The van der Waals surface area contributed by atoms with Crippen LogP contribution in [0.3, 0.4) is 0 Å². The molecule has 8 rings (SSSR count). The maximum atomic E-state index is 6.60. The summed E-state index contributed by atoms with van der Waals surface area (Å²) in [6, 6.07) is 29.2. The van der Waals surface area contributed by atoms with Gasteiger partial charge in [-0.1, -0.05) is 49.9 Å². The number of fused-ring (bicyclic) bond motifs is 4. The van der Waals surface area contributed by atoms with Crippen LogP contribution in [0.15, 0.2) is 113 Å². The molecule has 1 aliphatic carbocycles. The Morgan fingerprint density at radius 2 is 1.22 bits per heavy atom. The Hall–Kier alpha value is -6.55. The fourth-order valence-corrected chi connectivity index (χ4v) is 8.74. The van der Waals surface area contributed by atoms with Crippen LogP contribution in [0, 0.1) is 20.8 Å². The molecule has 5 aromatic carbocycles. The number of nitrogen functional groups attached to an aromatic ring is 2. The molecule has 0 amide bonds. The van der Waals surface area contributed by atoms with E-state index in [-0.39, 0.29) is 6.04 Å². The minimum Gasteiger partial charge on any atom is -0.397 e. The molecular formula is C50H59N10+. The number of rotatable bonds is 15. The smallest absolute Gasteiger partial charge is 0.239 e. The average molecular weight is 800 g/mol. The molecule has 0 radical (unpaired) electrons. The zero-order valence-electron chi connectivity index (χ0n) is 35.9. The highest BCUT2D eigenvalue weighted by atomic mass is 15.2. The normalized spacial score (nSPS) is 14.6. The van der Waals surface area contributed by atoms with Crippen LogP contribution in [0.25, 0.3) is 27.8 Å². The molecule has 60 heavy (non-hydrogen) atoms. The number of benzene rings is 5. The summed E-state index contributed by atoms with van der Waals surface area (Å²) in [5.74, 6) is 0. The molecule has 1 atom stereocenters. The zero-order chi connectivity index (χ0) is 41.9. The summed E-state index contributed by atoms with van der Waals surface area (Å²) in [5, 5.41) is 14.2. The van der Waals surface area contributed by atoms with E-state index >= 15 is 0 Å². The number of nitrogens with one attached hydrogen (secondary N) is 4. The van der Waals surface area contributed by atoms with Crippen molar-refractivity contribution in [3.63, 3.8) is 0 Å². The van der Waals surface area contributed by atoms with Crippen molar-refractivity contribution in [3.8, 4) is 5.69 Å². The zero-order valence-corrected chi connectivity index (χ0v) is 35.9. The van der Waals surface area contributed by atoms with E-state index in [4.69, 9.17) is 21.4 Å². The van der Waals surface area contributed by atoms with E-state index in [0.717, 1.165) is 122 Å². The summed E-state index contributed by atoms with van der Waals surface area (Å²) in [4.78, 5) is 12.6. The van der Waals surface area contributed by atoms with Crippen LogP contribution < -0.4 is 42.2 Å². The van der Waals surface area contributed by atoms with Crippen molar-refractivity contribution in [2.75, 3.05) is 59.5 Å². The fourth-order valence-electron chi connectivity index (χ4n) is 8.74. The number of para-hydroxylation sites is 4. The third-order valence-electron chi connectivity index (χ3n) is 12.0. The molecule has 0 spiro atoms. The van der Waals surface area contributed by atoms with Crippen molar-refractivity contribution >= 4 is 73.3 Å².